The molecule has 0 radical (unpaired) electrons. The van der Waals surface area contributed by atoms with E-state index >= 15 is 0 Å². The highest BCUT2D eigenvalue weighted by molar-refractivity contribution is 7.91. The molecule has 2 heterocycles. The van der Waals surface area contributed by atoms with Crippen molar-refractivity contribution in [2.45, 2.75) is 36.4 Å². The minimum atomic E-state index is -3.59. The van der Waals surface area contributed by atoms with Crippen LogP contribution in [0.1, 0.15) is 24.1 Å². The Labute approximate surface area is 173 Å². The first-order valence-electron chi connectivity index (χ1n) is 9.19. The van der Waals surface area contributed by atoms with Crippen molar-refractivity contribution in [1.82, 2.24) is 19.5 Å². The number of carbonyl (C=O) groups is 1. The number of rotatable bonds is 7. The molecule has 0 unspecified atom stereocenters. The van der Waals surface area contributed by atoms with Gasteiger partial charge in [0.15, 0.2) is 9.34 Å². The Bertz CT molecular complexity index is 1120. The van der Waals surface area contributed by atoms with Crippen LogP contribution in [0.15, 0.2) is 46.9 Å². The highest BCUT2D eigenvalue weighted by atomic mass is 32.2. The Kier molecular flexibility index (Phi) is 5.24. The van der Waals surface area contributed by atoms with E-state index in [1.165, 1.54) is 4.90 Å². The molecule has 0 bridgehead atoms. The Balaban J connectivity index is 1.46. The number of aromatic nitrogens is 3. The van der Waals surface area contributed by atoms with Crippen molar-refractivity contribution >= 4 is 32.4 Å². The Morgan fingerprint density at radius 2 is 2.03 bits per heavy atom. The van der Waals surface area contributed by atoms with Gasteiger partial charge in [-0.05, 0) is 43.5 Å². The zero-order chi connectivity index (χ0) is 20.6. The first kappa shape index (κ1) is 19.7. The quantitative estimate of drug-likeness (QED) is 0.619. The highest BCUT2D eigenvalue weighted by Gasteiger charge is 2.31. The van der Waals surface area contributed by atoms with Gasteiger partial charge in [0.25, 0.3) is 10.0 Å². The van der Waals surface area contributed by atoms with Gasteiger partial charge in [0.05, 0.1) is 17.8 Å². The molecule has 1 fully saturated rings. The molecule has 10 heteroatoms. The molecule has 1 aliphatic carbocycles. The number of benzene rings is 1. The number of likely N-dealkylation sites (N-methyl/N-ethyl adjacent to an activating group) is 1. The lowest BCUT2D eigenvalue weighted by molar-refractivity contribution is -0.117. The summed E-state index contributed by atoms with van der Waals surface area (Å²) in [5.74, 6) is -0.162. The summed E-state index contributed by atoms with van der Waals surface area (Å²) in [7, 11) is -1.98. The van der Waals surface area contributed by atoms with E-state index in [1.54, 1.807) is 24.9 Å². The molecule has 0 spiro atoms. The van der Waals surface area contributed by atoms with Gasteiger partial charge in [0.1, 0.15) is 0 Å². The average molecular weight is 432 g/mol. The van der Waals surface area contributed by atoms with Gasteiger partial charge in [-0.2, -0.15) is 5.10 Å². The monoisotopic (exact) mass is 431 g/mol. The van der Waals surface area contributed by atoms with E-state index in [0.29, 0.717) is 10.8 Å². The van der Waals surface area contributed by atoms with E-state index in [9.17, 15) is 13.2 Å². The van der Waals surface area contributed by atoms with Crippen LogP contribution in [0.2, 0.25) is 0 Å². The summed E-state index contributed by atoms with van der Waals surface area (Å²) in [5.41, 5.74) is 2.17. The van der Waals surface area contributed by atoms with Gasteiger partial charge in [-0.3, -0.25) is 9.69 Å². The summed E-state index contributed by atoms with van der Waals surface area (Å²) in [5, 5.41) is 4.55. The number of hydrogen-bond acceptors (Lipinski definition) is 6. The van der Waals surface area contributed by atoms with Crippen molar-refractivity contribution in [3.63, 3.8) is 0 Å². The van der Waals surface area contributed by atoms with Crippen LogP contribution in [-0.4, -0.2) is 42.2 Å². The van der Waals surface area contributed by atoms with Gasteiger partial charge < -0.3 is 0 Å². The molecule has 3 aromatic rings. The van der Waals surface area contributed by atoms with E-state index in [2.05, 4.69) is 14.8 Å². The minimum Gasteiger partial charge on any atom is -0.291 e. The third-order valence-corrected chi connectivity index (χ3v) is 7.97. The maximum Gasteiger partial charge on any atom is 0.252 e. The molecule has 1 aliphatic rings. The molecule has 1 N–H and O–H groups in total. The number of sulfonamides is 1. The minimum absolute atomic E-state index is 0.0222. The van der Waals surface area contributed by atoms with Crippen molar-refractivity contribution in [3.8, 4) is 5.69 Å². The van der Waals surface area contributed by atoms with Crippen molar-refractivity contribution in [2.75, 3.05) is 11.9 Å². The summed E-state index contributed by atoms with van der Waals surface area (Å²) >= 11 is 1.02. The normalized spacial score (nSPS) is 14.1. The van der Waals surface area contributed by atoms with E-state index in [4.69, 9.17) is 0 Å². The molecule has 2 aromatic heterocycles. The smallest absolute Gasteiger partial charge is 0.252 e. The van der Waals surface area contributed by atoms with E-state index in [0.717, 1.165) is 35.4 Å². The molecule has 0 atom stereocenters. The molecule has 1 amide bonds. The molecule has 1 saturated carbocycles. The maximum absolute atomic E-state index is 12.7. The molecule has 29 heavy (non-hydrogen) atoms. The van der Waals surface area contributed by atoms with Gasteiger partial charge >= 0.3 is 0 Å². The third kappa shape index (κ3) is 4.39. The van der Waals surface area contributed by atoms with Crippen LogP contribution in [0.5, 0.6) is 0 Å². The van der Waals surface area contributed by atoms with Crippen LogP contribution in [0, 0.1) is 6.92 Å². The maximum atomic E-state index is 12.7. The van der Waals surface area contributed by atoms with E-state index in [1.807, 2.05) is 36.5 Å². The highest BCUT2D eigenvalue weighted by Crippen LogP contribution is 2.31. The SMILES string of the molecule is Cc1nc(N(C)C(=O)Cc2ccc(-n3cccn3)cc2)sc1S(=O)(=O)NC1CC1. The number of amides is 1. The third-order valence-electron chi connectivity index (χ3n) is 4.61. The lowest BCUT2D eigenvalue weighted by atomic mass is 10.1. The molecule has 1 aromatic carbocycles. The van der Waals surface area contributed by atoms with Crippen molar-refractivity contribution in [2.24, 2.45) is 0 Å². The second kappa shape index (κ2) is 7.69. The van der Waals surface area contributed by atoms with Crippen LogP contribution in [-0.2, 0) is 21.2 Å². The zero-order valence-corrected chi connectivity index (χ0v) is 17.7. The number of nitrogens with zero attached hydrogens (tertiary/aromatic N) is 4. The largest absolute Gasteiger partial charge is 0.291 e. The molecule has 8 nitrogen and oxygen atoms in total. The van der Waals surface area contributed by atoms with E-state index in [-0.39, 0.29) is 22.6 Å². The fourth-order valence-electron chi connectivity index (χ4n) is 2.82. The molecule has 152 valence electrons. The van der Waals surface area contributed by atoms with Gasteiger partial charge in [-0.15, -0.1) is 0 Å². The standard InChI is InChI=1S/C19H21N5O3S2/c1-13-18(29(26,27)22-15-6-7-15)28-19(21-13)23(2)17(25)12-14-4-8-16(9-5-14)24-11-3-10-20-24/h3-5,8-11,15,22H,6-7,12H2,1-2H3. The van der Waals surface area contributed by atoms with Crippen LogP contribution in [0.25, 0.3) is 5.69 Å². The lowest BCUT2D eigenvalue weighted by Crippen LogP contribution is -2.27. The first-order chi connectivity index (χ1) is 13.8. The summed E-state index contributed by atoms with van der Waals surface area (Å²) in [6.07, 6.45) is 5.47. The van der Waals surface area contributed by atoms with Crippen LogP contribution in [0.4, 0.5) is 5.13 Å². The van der Waals surface area contributed by atoms with Gasteiger partial charge in [-0.1, -0.05) is 23.5 Å². The van der Waals surface area contributed by atoms with Crippen molar-refractivity contribution in [1.29, 1.82) is 0 Å². The fraction of sp³-hybridized carbons (Fsp3) is 0.316. The summed E-state index contributed by atoms with van der Waals surface area (Å²) in [6.45, 7) is 1.65. The number of aryl methyl sites for hydroxylation is 1. The zero-order valence-electron chi connectivity index (χ0n) is 16.1. The Hall–Kier alpha value is -2.56. The topological polar surface area (TPSA) is 97.2 Å². The molecule has 0 aliphatic heterocycles. The predicted molar refractivity (Wildman–Crippen MR) is 111 cm³/mol. The lowest BCUT2D eigenvalue weighted by Gasteiger charge is -2.14. The van der Waals surface area contributed by atoms with Crippen molar-refractivity contribution in [3.05, 3.63) is 54.0 Å². The number of hydrogen-bond donors (Lipinski definition) is 1. The van der Waals surface area contributed by atoms with Crippen LogP contribution in [0.3, 0.4) is 0 Å². The molecule has 0 saturated heterocycles. The van der Waals surface area contributed by atoms with Crippen LogP contribution >= 0.6 is 11.3 Å². The number of nitrogens with one attached hydrogen (secondary N) is 1. The molecule has 4 rings (SSSR count). The Morgan fingerprint density at radius 3 is 2.66 bits per heavy atom. The van der Waals surface area contributed by atoms with Crippen molar-refractivity contribution < 1.29 is 13.2 Å². The second-order valence-corrected chi connectivity index (χ2v) is 9.90. The molecular weight excluding hydrogens is 410 g/mol. The number of thiazole rings is 1. The number of carbonyl (C=O) groups excluding carboxylic acids is 1. The first-order valence-corrected chi connectivity index (χ1v) is 11.5. The average Bonchev–Trinajstić information content (AvgIpc) is 3.17. The summed E-state index contributed by atoms with van der Waals surface area (Å²) in [6, 6.07) is 9.43. The fourth-order valence-corrected chi connectivity index (χ4v) is 5.63. The van der Waals surface area contributed by atoms with Gasteiger partial charge in [-0.25, -0.2) is 22.8 Å². The van der Waals surface area contributed by atoms with Crippen LogP contribution < -0.4 is 9.62 Å². The van der Waals surface area contributed by atoms with Gasteiger partial charge in [0.2, 0.25) is 5.91 Å². The van der Waals surface area contributed by atoms with E-state index < -0.39 is 10.0 Å². The number of anilines is 1. The second-order valence-electron chi connectivity index (χ2n) is 7.01. The Morgan fingerprint density at radius 1 is 1.31 bits per heavy atom. The summed E-state index contributed by atoms with van der Waals surface area (Å²) < 4.78 is 29.5. The van der Waals surface area contributed by atoms with Gasteiger partial charge in [0, 0.05) is 25.5 Å². The predicted octanol–water partition coefficient (Wildman–Crippen LogP) is 2.28. The summed E-state index contributed by atoms with van der Waals surface area (Å²) in [4.78, 5) is 18.4. The molecular formula is C19H21N5O3S2.